The van der Waals surface area contributed by atoms with E-state index in [1.807, 2.05) is 6.07 Å². The molecule has 0 radical (unpaired) electrons. The summed E-state index contributed by atoms with van der Waals surface area (Å²) in [6, 6.07) is 10.6. The second-order valence-corrected chi connectivity index (χ2v) is 7.99. The smallest absolute Gasteiger partial charge is 0.263 e. The molecule has 1 aromatic carbocycles. The number of aromatic nitrogens is 1. The standard InChI is InChI=1S/C20H21BrClN3O3/c1-13(28-17-7-3-2-6-16(17)22)20(27)25-10-4-5-14(12-25)19(26)24-18-9-8-15(21)11-23-18/h2-3,6-9,11,13-14H,4-5,10,12H2,1H3,(H,23,24,26). The third-order valence-corrected chi connectivity index (χ3v) is 5.35. The fourth-order valence-electron chi connectivity index (χ4n) is 3.11. The minimum atomic E-state index is -0.685. The summed E-state index contributed by atoms with van der Waals surface area (Å²) in [5.74, 6) is 0.395. The Morgan fingerprint density at radius 3 is 2.82 bits per heavy atom. The molecule has 2 amide bonds. The molecule has 28 heavy (non-hydrogen) atoms. The van der Waals surface area contributed by atoms with Crippen LogP contribution in [0.3, 0.4) is 0 Å². The second-order valence-electron chi connectivity index (χ2n) is 6.66. The van der Waals surface area contributed by atoms with E-state index >= 15 is 0 Å². The first kappa shape index (κ1) is 20.6. The summed E-state index contributed by atoms with van der Waals surface area (Å²) in [6.07, 6.45) is 2.43. The van der Waals surface area contributed by atoms with Crippen molar-refractivity contribution in [2.45, 2.75) is 25.9 Å². The molecule has 1 aliphatic heterocycles. The van der Waals surface area contributed by atoms with E-state index in [9.17, 15) is 9.59 Å². The Morgan fingerprint density at radius 1 is 1.32 bits per heavy atom. The Hall–Kier alpha value is -2.12. The molecule has 2 unspecified atom stereocenters. The van der Waals surface area contributed by atoms with Gasteiger partial charge in [0.2, 0.25) is 5.91 Å². The lowest BCUT2D eigenvalue weighted by Crippen LogP contribution is -2.48. The molecule has 0 aliphatic carbocycles. The van der Waals surface area contributed by atoms with Crippen molar-refractivity contribution in [2.75, 3.05) is 18.4 Å². The summed E-state index contributed by atoms with van der Waals surface area (Å²) in [6.45, 7) is 2.66. The number of carbonyl (C=O) groups is 2. The topological polar surface area (TPSA) is 71.5 Å². The molecular weight excluding hydrogens is 446 g/mol. The van der Waals surface area contributed by atoms with E-state index in [4.69, 9.17) is 16.3 Å². The Bertz CT molecular complexity index is 847. The van der Waals surface area contributed by atoms with Crippen molar-refractivity contribution in [3.8, 4) is 5.75 Å². The molecule has 1 saturated heterocycles. The van der Waals surface area contributed by atoms with Crippen LogP contribution >= 0.6 is 27.5 Å². The molecule has 2 heterocycles. The predicted molar refractivity (Wildman–Crippen MR) is 111 cm³/mol. The predicted octanol–water partition coefficient (Wildman–Crippen LogP) is 4.14. The number of anilines is 1. The molecule has 6 nitrogen and oxygen atoms in total. The number of para-hydroxylation sites is 1. The van der Waals surface area contributed by atoms with Gasteiger partial charge in [0, 0.05) is 23.8 Å². The number of nitrogens with one attached hydrogen (secondary N) is 1. The number of hydrogen-bond donors (Lipinski definition) is 1. The van der Waals surface area contributed by atoms with Crippen LogP contribution in [0.15, 0.2) is 47.1 Å². The first-order valence-electron chi connectivity index (χ1n) is 9.06. The van der Waals surface area contributed by atoms with E-state index < -0.39 is 6.10 Å². The summed E-state index contributed by atoms with van der Waals surface area (Å²) < 4.78 is 6.56. The van der Waals surface area contributed by atoms with Crippen molar-refractivity contribution in [1.82, 2.24) is 9.88 Å². The Kier molecular flexibility index (Phi) is 6.91. The number of pyridine rings is 1. The number of halogens is 2. The lowest BCUT2D eigenvalue weighted by Gasteiger charge is -2.33. The minimum absolute atomic E-state index is 0.132. The Balaban J connectivity index is 1.58. The average molecular weight is 467 g/mol. The van der Waals surface area contributed by atoms with Crippen molar-refractivity contribution in [3.63, 3.8) is 0 Å². The van der Waals surface area contributed by atoms with Gasteiger partial charge >= 0.3 is 0 Å². The SMILES string of the molecule is CC(Oc1ccccc1Cl)C(=O)N1CCCC(C(=O)Nc2ccc(Br)cn2)C1. The normalized spacial score (nSPS) is 17.7. The minimum Gasteiger partial charge on any atom is -0.479 e. The summed E-state index contributed by atoms with van der Waals surface area (Å²) in [4.78, 5) is 31.2. The number of piperidine rings is 1. The average Bonchev–Trinajstić information content (AvgIpc) is 2.71. The number of ether oxygens (including phenoxy) is 1. The van der Waals surface area contributed by atoms with Crippen LogP contribution in [0.4, 0.5) is 5.82 Å². The molecule has 3 rings (SSSR count). The molecule has 2 atom stereocenters. The van der Waals surface area contributed by atoms with Gasteiger partial charge in [-0.2, -0.15) is 0 Å². The van der Waals surface area contributed by atoms with Crippen molar-refractivity contribution >= 4 is 45.2 Å². The molecule has 148 valence electrons. The number of carbonyl (C=O) groups excluding carboxylic acids is 2. The molecule has 8 heteroatoms. The monoisotopic (exact) mass is 465 g/mol. The summed E-state index contributed by atoms with van der Waals surface area (Å²) >= 11 is 9.41. The van der Waals surface area contributed by atoms with E-state index in [1.165, 1.54) is 0 Å². The van der Waals surface area contributed by atoms with Gasteiger partial charge in [-0.25, -0.2) is 4.98 Å². The number of hydrogen-bond acceptors (Lipinski definition) is 4. The van der Waals surface area contributed by atoms with E-state index in [-0.39, 0.29) is 17.7 Å². The van der Waals surface area contributed by atoms with Crippen LogP contribution in [0.5, 0.6) is 5.75 Å². The number of rotatable bonds is 5. The van der Waals surface area contributed by atoms with Crippen molar-refractivity contribution < 1.29 is 14.3 Å². The molecule has 0 saturated carbocycles. The summed E-state index contributed by atoms with van der Waals surface area (Å²) in [5, 5.41) is 3.28. The van der Waals surface area contributed by atoms with Gasteiger partial charge in [0.1, 0.15) is 11.6 Å². The van der Waals surface area contributed by atoms with Gasteiger partial charge < -0.3 is 15.0 Å². The van der Waals surface area contributed by atoms with Gasteiger partial charge in [-0.05, 0) is 60.0 Å². The van der Waals surface area contributed by atoms with Crippen LogP contribution in [-0.4, -0.2) is 40.9 Å². The molecule has 1 N–H and O–H groups in total. The third kappa shape index (κ3) is 5.23. The fraction of sp³-hybridized carbons (Fsp3) is 0.350. The maximum atomic E-state index is 12.8. The van der Waals surface area contributed by atoms with Gasteiger partial charge in [0.05, 0.1) is 10.9 Å². The van der Waals surface area contributed by atoms with Crippen LogP contribution in [0.1, 0.15) is 19.8 Å². The van der Waals surface area contributed by atoms with Gasteiger partial charge in [-0.15, -0.1) is 0 Å². The second kappa shape index (κ2) is 9.39. The van der Waals surface area contributed by atoms with E-state index in [2.05, 4.69) is 26.2 Å². The lowest BCUT2D eigenvalue weighted by molar-refractivity contribution is -0.140. The van der Waals surface area contributed by atoms with E-state index in [1.54, 1.807) is 48.4 Å². The van der Waals surface area contributed by atoms with Gasteiger partial charge in [0.25, 0.3) is 5.91 Å². The zero-order valence-corrected chi connectivity index (χ0v) is 17.7. The number of likely N-dealkylation sites (tertiary alicyclic amines) is 1. The Morgan fingerprint density at radius 2 is 2.11 bits per heavy atom. The summed E-state index contributed by atoms with van der Waals surface area (Å²) in [7, 11) is 0. The summed E-state index contributed by atoms with van der Waals surface area (Å²) in [5.41, 5.74) is 0. The van der Waals surface area contributed by atoms with Crippen LogP contribution in [-0.2, 0) is 9.59 Å². The van der Waals surface area contributed by atoms with E-state index in [0.717, 1.165) is 17.3 Å². The quantitative estimate of drug-likeness (QED) is 0.719. The van der Waals surface area contributed by atoms with Crippen molar-refractivity contribution in [2.24, 2.45) is 5.92 Å². The molecule has 0 spiro atoms. The zero-order chi connectivity index (χ0) is 20.1. The first-order valence-corrected chi connectivity index (χ1v) is 10.2. The molecule has 1 aliphatic rings. The number of nitrogens with zero attached hydrogens (tertiary/aromatic N) is 2. The highest BCUT2D eigenvalue weighted by Gasteiger charge is 2.31. The fourth-order valence-corrected chi connectivity index (χ4v) is 3.52. The third-order valence-electron chi connectivity index (χ3n) is 4.57. The largest absolute Gasteiger partial charge is 0.479 e. The first-order chi connectivity index (χ1) is 13.4. The van der Waals surface area contributed by atoms with Gasteiger partial charge in [-0.3, -0.25) is 9.59 Å². The Labute approximate surface area is 177 Å². The van der Waals surface area contributed by atoms with E-state index in [0.29, 0.717) is 29.7 Å². The zero-order valence-electron chi connectivity index (χ0n) is 15.4. The van der Waals surface area contributed by atoms with Crippen LogP contribution in [0, 0.1) is 5.92 Å². The van der Waals surface area contributed by atoms with Crippen LogP contribution in [0.25, 0.3) is 0 Å². The highest BCUT2D eigenvalue weighted by Crippen LogP contribution is 2.25. The molecule has 1 aromatic heterocycles. The maximum Gasteiger partial charge on any atom is 0.263 e. The van der Waals surface area contributed by atoms with Crippen LogP contribution < -0.4 is 10.1 Å². The van der Waals surface area contributed by atoms with Crippen molar-refractivity contribution in [3.05, 3.63) is 52.1 Å². The van der Waals surface area contributed by atoms with Gasteiger partial charge in [-0.1, -0.05) is 23.7 Å². The highest BCUT2D eigenvalue weighted by molar-refractivity contribution is 9.10. The highest BCUT2D eigenvalue weighted by atomic mass is 79.9. The van der Waals surface area contributed by atoms with Crippen LogP contribution in [0.2, 0.25) is 5.02 Å². The number of benzene rings is 1. The molecular formula is C20H21BrClN3O3. The molecule has 1 fully saturated rings. The number of amides is 2. The lowest BCUT2D eigenvalue weighted by atomic mass is 9.96. The maximum absolute atomic E-state index is 12.8. The molecule has 0 bridgehead atoms. The van der Waals surface area contributed by atoms with Gasteiger partial charge in [0.15, 0.2) is 6.10 Å². The molecule has 2 aromatic rings. The van der Waals surface area contributed by atoms with Crippen molar-refractivity contribution in [1.29, 1.82) is 0 Å².